The first kappa shape index (κ1) is 11.9. The highest BCUT2D eigenvalue weighted by atomic mass is 19.1. The maximum absolute atomic E-state index is 13.7. The Balaban J connectivity index is 2.29. The van der Waals surface area contributed by atoms with E-state index in [-0.39, 0.29) is 0 Å². The number of hydrogen-bond donors (Lipinski definition) is 2. The van der Waals surface area contributed by atoms with Gasteiger partial charge >= 0.3 is 5.95 Å². The third-order valence-corrected chi connectivity index (χ3v) is 2.56. The van der Waals surface area contributed by atoms with Gasteiger partial charge in [-0.05, 0) is 4.92 Å². The standard InChI is InChI=1S/C8H10FN3O5/c9-5-6(14)4(3-13)17-7(5)11-2-1-10-8(11)12(15)16/h1-2,4-7,13-14H,3H2/t4?,5-,6+,7+/m0/s1. The highest BCUT2D eigenvalue weighted by molar-refractivity contribution is 5.10. The summed E-state index contributed by atoms with van der Waals surface area (Å²) in [6.07, 6.45) is -3.52. The van der Waals surface area contributed by atoms with Crippen molar-refractivity contribution in [1.82, 2.24) is 9.55 Å². The molecule has 4 atom stereocenters. The molecule has 0 radical (unpaired) electrons. The van der Waals surface area contributed by atoms with E-state index in [1.54, 1.807) is 0 Å². The molecule has 1 saturated heterocycles. The third kappa shape index (κ3) is 1.88. The Morgan fingerprint density at radius 1 is 1.71 bits per heavy atom. The molecule has 1 aliphatic rings. The fourth-order valence-electron chi connectivity index (χ4n) is 1.72. The number of ether oxygens (including phenoxy) is 1. The minimum Gasteiger partial charge on any atom is -0.394 e. The number of aromatic nitrogens is 2. The maximum Gasteiger partial charge on any atom is 0.436 e. The first-order valence-electron chi connectivity index (χ1n) is 4.82. The van der Waals surface area contributed by atoms with Crippen molar-refractivity contribution in [2.45, 2.75) is 24.6 Å². The van der Waals surface area contributed by atoms with Crippen LogP contribution in [-0.2, 0) is 4.74 Å². The minimum atomic E-state index is -1.86. The highest BCUT2D eigenvalue weighted by Crippen LogP contribution is 2.33. The fraction of sp³-hybridized carbons (Fsp3) is 0.625. The molecule has 1 unspecified atom stereocenters. The van der Waals surface area contributed by atoms with E-state index in [9.17, 15) is 19.6 Å². The van der Waals surface area contributed by atoms with Crippen molar-refractivity contribution in [1.29, 1.82) is 0 Å². The molecule has 2 N–H and O–H groups in total. The van der Waals surface area contributed by atoms with Gasteiger partial charge in [0.15, 0.2) is 6.17 Å². The summed E-state index contributed by atoms with van der Waals surface area (Å²) in [4.78, 5) is 13.3. The first-order valence-corrected chi connectivity index (χ1v) is 4.82. The second kappa shape index (κ2) is 4.35. The summed E-state index contributed by atoms with van der Waals surface area (Å²) in [6.45, 7) is -0.569. The number of nitrogens with zero attached hydrogens (tertiary/aromatic N) is 3. The number of alkyl halides is 1. The van der Waals surface area contributed by atoms with Crippen LogP contribution in [0.4, 0.5) is 10.3 Å². The Kier molecular flexibility index (Phi) is 3.05. The molecule has 0 aromatic carbocycles. The maximum atomic E-state index is 13.7. The average molecular weight is 247 g/mol. The number of halogens is 1. The van der Waals surface area contributed by atoms with Gasteiger partial charge in [-0.15, -0.1) is 0 Å². The zero-order valence-electron chi connectivity index (χ0n) is 8.51. The molecule has 1 aromatic rings. The molecule has 0 aliphatic carbocycles. The van der Waals surface area contributed by atoms with E-state index in [4.69, 9.17) is 9.84 Å². The lowest BCUT2D eigenvalue weighted by atomic mass is 10.1. The van der Waals surface area contributed by atoms with E-state index >= 15 is 0 Å². The van der Waals surface area contributed by atoms with Crippen molar-refractivity contribution in [3.8, 4) is 0 Å². The summed E-state index contributed by atoms with van der Waals surface area (Å²) in [7, 11) is 0. The molecule has 1 aliphatic heterocycles. The zero-order chi connectivity index (χ0) is 12.6. The van der Waals surface area contributed by atoms with Gasteiger partial charge in [0.05, 0.1) is 6.61 Å². The highest BCUT2D eigenvalue weighted by Gasteiger charge is 2.48. The van der Waals surface area contributed by atoms with Crippen LogP contribution in [0, 0.1) is 10.1 Å². The summed E-state index contributed by atoms with van der Waals surface area (Å²) in [5, 5.41) is 28.8. The molecule has 9 heteroatoms. The van der Waals surface area contributed by atoms with Gasteiger partial charge in [-0.1, -0.05) is 4.98 Å². The number of hydrogen-bond acceptors (Lipinski definition) is 6. The molecule has 17 heavy (non-hydrogen) atoms. The molecule has 94 valence electrons. The van der Waals surface area contributed by atoms with Crippen LogP contribution in [0.3, 0.4) is 0 Å². The summed E-state index contributed by atoms with van der Waals surface area (Å²) in [5.41, 5.74) is 0. The lowest BCUT2D eigenvalue weighted by Gasteiger charge is -2.11. The average Bonchev–Trinajstić information content (AvgIpc) is 2.86. The summed E-state index contributed by atoms with van der Waals surface area (Å²) < 4.78 is 19.6. The molecule has 0 spiro atoms. The summed E-state index contributed by atoms with van der Waals surface area (Å²) in [6, 6.07) is 0. The van der Waals surface area contributed by atoms with Gasteiger partial charge in [0, 0.05) is 0 Å². The Bertz CT molecular complexity index is 425. The van der Waals surface area contributed by atoms with Crippen molar-refractivity contribution >= 4 is 5.95 Å². The van der Waals surface area contributed by atoms with E-state index in [1.165, 1.54) is 6.20 Å². The van der Waals surface area contributed by atoms with E-state index in [0.717, 1.165) is 10.8 Å². The lowest BCUT2D eigenvalue weighted by Crippen LogP contribution is -2.30. The van der Waals surface area contributed by atoms with E-state index in [1.807, 2.05) is 0 Å². The van der Waals surface area contributed by atoms with Gasteiger partial charge in [0.1, 0.15) is 24.6 Å². The van der Waals surface area contributed by atoms with Crippen LogP contribution >= 0.6 is 0 Å². The van der Waals surface area contributed by atoms with Gasteiger partial charge in [-0.2, -0.15) is 4.57 Å². The molecule has 0 amide bonds. The molecule has 2 rings (SSSR count). The summed E-state index contributed by atoms with van der Waals surface area (Å²) in [5.74, 6) is -0.580. The molecule has 0 bridgehead atoms. The Labute approximate surface area is 94.4 Å². The Hall–Kier alpha value is -1.58. The van der Waals surface area contributed by atoms with Crippen molar-refractivity contribution in [2.24, 2.45) is 0 Å². The van der Waals surface area contributed by atoms with Crippen molar-refractivity contribution < 1.29 is 24.3 Å². The molecule has 8 nitrogen and oxygen atoms in total. The van der Waals surface area contributed by atoms with Gasteiger partial charge in [-0.25, -0.2) is 4.39 Å². The Morgan fingerprint density at radius 2 is 2.41 bits per heavy atom. The number of imidazole rings is 1. The number of rotatable bonds is 3. The van der Waals surface area contributed by atoms with Gasteiger partial charge in [-0.3, -0.25) is 0 Å². The second-order valence-corrected chi connectivity index (χ2v) is 3.57. The summed E-state index contributed by atoms with van der Waals surface area (Å²) >= 11 is 0. The van der Waals surface area contributed by atoms with Crippen molar-refractivity contribution in [3.63, 3.8) is 0 Å². The predicted octanol–water partition coefficient (Wildman–Crippen LogP) is -0.620. The van der Waals surface area contributed by atoms with Crippen molar-refractivity contribution in [2.75, 3.05) is 6.61 Å². The van der Waals surface area contributed by atoms with Gasteiger partial charge in [0.2, 0.25) is 6.23 Å². The molecular formula is C8H10FN3O5. The van der Waals surface area contributed by atoms with Gasteiger partial charge in [0.25, 0.3) is 0 Å². The minimum absolute atomic E-state index is 0.569. The predicted molar refractivity (Wildman–Crippen MR) is 50.8 cm³/mol. The first-order chi connectivity index (χ1) is 8.06. The lowest BCUT2D eigenvalue weighted by molar-refractivity contribution is -0.398. The fourth-order valence-corrected chi connectivity index (χ4v) is 1.72. The topological polar surface area (TPSA) is 111 Å². The van der Waals surface area contributed by atoms with Crippen LogP contribution in [0.25, 0.3) is 0 Å². The largest absolute Gasteiger partial charge is 0.436 e. The smallest absolute Gasteiger partial charge is 0.394 e. The number of aliphatic hydroxyl groups is 2. The third-order valence-electron chi connectivity index (χ3n) is 2.56. The normalized spacial score (nSPS) is 32.9. The number of aliphatic hydroxyl groups excluding tert-OH is 2. The second-order valence-electron chi connectivity index (χ2n) is 3.57. The van der Waals surface area contributed by atoms with Crippen LogP contribution in [0.5, 0.6) is 0 Å². The van der Waals surface area contributed by atoms with E-state index < -0.39 is 42.1 Å². The van der Waals surface area contributed by atoms with E-state index in [2.05, 4.69) is 4.98 Å². The monoisotopic (exact) mass is 247 g/mol. The van der Waals surface area contributed by atoms with Crippen LogP contribution in [0.1, 0.15) is 6.23 Å². The van der Waals surface area contributed by atoms with Crippen LogP contribution in [-0.4, -0.2) is 49.7 Å². The SMILES string of the molecule is O=[N+]([O-])c1nccn1[C@@H]1OC(CO)[C@@H](O)[C@@H]1F. The van der Waals surface area contributed by atoms with Crippen LogP contribution in [0.2, 0.25) is 0 Å². The van der Waals surface area contributed by atoms with Crippen LogP contribution < -0.4 is 0 Å². The molecule has 1 fully saturated rings. The Morgan fingerprint density at radius 3 is 2.94 bits per heavy atom. The van der Waals surface area contributed by atoms with Crippen LogP contribution in [0.15, 0.2) is 12.4 Å². The molecule has 1 aromatic heterocycles. The van der Waals surface area contributed by atoms with Gasteiger partial charge < -0.3 is 25.1 Å². The molecule has 2 heterocycles. The van der Waals surface area contributed by atoms with Crippen molar-refractivity contribution in [3.05, 3.63) is 22.5 Å². The zero-order valence-corrected chi connectivity index (χ0v) is 8.51. The number of nitro groups is 1. The molecule has 0 saturated carbocycles. The van der Waals surface area contributed by atoms with E-state index in [0.29, 0.717) is 0 Å². The quantitative estimate of drug-likeness (QED) is 0.544. The molecular weight excluding hydrogens is 237 g/mol.